The Balaban J connectivity index is 0.00000200. The second-order valence-electron chi connectivity index (χ2n) is 4.76. The minimum atomic E-state index is 0. The van der Waals surface area contributed by atoms with Crippen LogP contribution in [0.2, 0.25) is 0 Å². The largest absolute Gasteiger partial charge is 0.357 e. The topological polar surface area (TPSA) is 67.1 Å². The fourth-order valence-electron chi connectivity index (χ4n) is 2.20. The summed E-state index contributed by atoms with van der Waals surface area (Å²) in [5.41, 5.74) is 0. The molecular weight excluding hydrogens is 367 g/mol. The minimum absolute atomic E-state index is 0. The Bertz CT molecular complexity index is 428. The second-order valence-corrected chi connectivity index (χ2v) is 4.76. The van der Waals surface area contributed by atoms with Crippen molar-refractivity contribution in [1.29, 1.82) is 0 Å². The number of fused-ring (bicyclic) bond motifs is 1. The van der Waals surface area contributed by atoms with Crippen molar-refractivity contribution in [1.82, 2.24) is 25.4 Å². The average Bonchev–Trinajstić information content (AvgIpc) is 2.99. The van der Waals surface area contributed by atoms with Crippen LogP contribution in [0.25, 0.3) is 0 Å². The van der Waals surface area contributed by atoms with Gasteiger partial charge in [0.05, 0.1) is 0 Å². The van der Waals surface area contributed by atoms with Crippen molar-refractivity contribution in [3.8, 4) is 0 Å². The first-order chi connectivity index (χ1) is 9.35. The Hall–Kier alpha value is -0.860. The van der Waals surface area contributed by atoms with Crippen LogP contribution in [-0.4, -0.2) is 33.8 Å². The number of nitrogens with one attached hydrogen (secondary N) is 2. The van der Waals surface area contributed by atoms with Crippen LogP contribution in [0.3, 0.4) is 0 Å². The zero-order valence-electron chi connectivity index (χ0n) is 12.4. The van der Waals surface area contributed by atoms with Gasteiger partial charge in [-0.3, -0.25) is 0 Å². The van der Waals surface area contributed by atoms with E-state index in [-0.39, 0.29) is 24.0 Å². The van der Waals surface area contributed by atoms with Crippen molar-refractivity contribution < 1.29 is 0 Å². The third-order valence-electron chi connectivity index (χ3n) is 3.23. The molecule has 1 aliphatic heterocycles. The van der Waals surface area contributed by atoms with Gasteiger partial charge < -0.3 is 15.2 Å². The van der Waals surface area contributed by atoms with Crippen LogP contribution >= 0.6 is 24.0 Å². The van der Waals surface area contributed by atoms with E-state index in [9.17, 15) is 0 Å². The lowest BCUT2D eigenvalue weighted by Crippen LogP contribution is -2.37. The summed E-state index contributed by atoms with van der Waals surface area (Å²) in [6.45, 7) is 7.72. The highest BCUT2D eigenvalue weighted by Crippen LogP contribution is 2.14. The van der Waals surface area contributed by atoms with Gasteiger partial charge >= 0.3 is 0 Å². The number of halogens is 1. The molecule has 2 N–H and O–H groups in total. The van der Waals surface area contributed by atoms with E-state index in [0.717, 1.165) is 50.1 Å². The maximum atomic E-state index is 4.58. The molecule has 6 nitrogen and oxygen atoms in total. The third-order valence-corrected chi connectivity index (χ3v) is 3.23. The normalized spacial score (nSPS) is 13.8. The van der Waals surface area contributed by atoms with Crippen LogP contribution < -0.4 is 10.6 Å². The Kier molecular flexibility index (Phi) is 7.86. The van der Waals surface area contributed by atoms with Crippen molar-refractivity contribution >= 4 is 29.9 Å². The van der Waals surface area contributed by atoms with Gasteiger partial charge in [0.15, 0.2) is 11.8 Å². The van der Waals surface area contributed by atoms with Crippen LogP contribution in [-0.2, 0) is 19.5 Å². The monoisotopic (exact) mass is 392 g/mol. The molecule has 0 bridgehead atoms. The molecule has 1 aliphatic rings. The molecule has 2 rings (SSSR count). The van der Waals surface area contributed by atoms with Gasteiger partial charge in [-0.15, -0.1) is 34.2 Å². The van der Waals surface area contributed by atoms with Crippen molar-refractivity contribution in [3.63, 3.8) is 0 Å². The molecule has 0 atom stereocenters. The quantitative estimate of drug-likeness (QED) is 0.335. The van der Waals surface area contributed by atoms with Gasteiger partial charge in [-0.25, -0.2) is 4.99 Å². The highest BCUT2D eigenvalue weighted by atomic mass is 127. The number of unbranched alkanes of at least 4 members (excludes halogenated alkanes) is 1. The predicted octanol–water partition coefficient (Wildman–Crippen LogP) is 1.70. The highest BCUT2D eigenvalue weighted by Gasteiger charge is 2.16. The predicted molar refractivity (Wildman–Crippen MR) is 91.5 cm³/mol. The Morgan fingerprint density at radius 1 is 1.30 bits per heavy atom. The van der Waals surface area contributed by atoms with Crippen LogP contribution in [0.4, 0.5) is 0 Å². The summed E-state index contributed by atoms with van der Waals surface area (Å²) in [4.78, 5) is 4.58. The van der Waals surface area contributed by atoms with Gasteiger partial charge in [0.25, 0.3) is 0 Å². The summed E-state index contributed by atoms with van der Waals surface area (Å²) in [7, 11) is 0. The molecule has 0 radical (unpaired) electrons. The van der Waals surface area contributed by atoms with E-state index in [1.54, 1.807) is 0 Å². The molecule has 2 heterocycles. The third kappa shape index (κ3) is 4.60. The highest BCUT2D eigenvalue weighted by molar-refractivity contribution is 14.0. The summed E-state index contributed by atoms with van der Waals surface area (Å²) in [6.07, 6.45) is 4.57. The van der Waals surface area contributed by atoms with Gasteiger partial charge in [0, 0.05) is 26.1 Å². The van der Waals surface area contributed by atoms with E-state index < -0.39 is 0 Å². The maximum absolute atomic E-state index is 4.58. The summed E-state index contributed by atoms with van der Waals surface area (Å²) in [5, 5.41) is 15.0. The van der Waals surface area contributed by atoms with Gasteiger partial charge in [-0.1, -0.05) is 13.3 Å². The summed E-state index contributed by atoms with van der Waals surface area (Å²) >= 11 is 0. The Morgan fingerprint density at radius 3 is 2.90 bits per heavy atom. The van der Waals surface area contributed by atoms with E-state index in [1.807, 2.05) is 0 Å². The van der Waals surface area contributed by atoms with E-state index >= 15 is 0 Å². The first kappa shape index (κ1) is 17.2. The fraction of sp³-hybridized carbons (Fsp3) is 0.769. The zero-order valence-corrected chi connectivity index (χ0v) is 14.7. The number of nitrogens with zero attached hydrogens (tertiary/aromatic N) is 4. The van der Waals surface area contributed by atoms with Crippen molar-refractivity contribution in [3.05, 3.63) is 11.6 Å². The average molecular weight is 392 g/mol. The number of aryl methyl sites for hydroxylation is 1. The Labute approximate surface area is 137 Å². The minimum Gasteiger partial charge on any atom is -0.357 e. The molecule has 0 spiro atoms. The van der Waals surface area contributed by atoms with E-state index in [4.69, 9.17) is 0 Å². The van der Waals surface area contributed by atoms with E-state index in [0.29, 0.717) is 6.54 Å². The Morgan fingerprint density at radius 2 is 2.15 bits per heavy atom. The molecule has 7 heteroatoms. The molecule has 1 aromatic rings. The summed E-state index contributed by atoms with van der Waals surface area (Å²) in [5.74, 6) is 2.95. The maximum Gasteiger partial charge on any atom is 0.191 e. The first-order valence-corrected chi connectivity index (χ1v) is 7.28. The molecule has 0 fully saturated rings. The van der Waals surface area contributed by atoms with Gasteiger partial charge in [-0.05, 0) is 19.8 Å². The second kappa shape index (κ2) is 9.15. The standard InChI is InChI=1S/C13H24N6.HI/c1-3-5-8-15-13(14-4-2)16-10-12-18-17-11-7-6-9-19(11)12;/h3-10H2,1-2H3,(H2,14,15,16);1H. The van der Waals surface area contributed by atoms with Crippen LogP contribution in [0.5, 0.6) is 0 Å². The van der Waals surface area contributed by atoms with Gasteiger partial charge in [0.1, 0.15) is 12.4 Å². The SMILES string of the molecule is CCCCNC(=NCc1nnc2n1CCC2)NCC.I. The van der Waals surface area contributed by atoms with E-state index in [1.165, 1.54) is 12.8 Å². The lowest BCUT2D eigenvalue weighted by molar-refractivity contribution is 0.681. The van der Waals surface area contributed by atoms with Crippen LogP contribution in [0.15, 0.2) is 4.99 Å². The van der Waals surface area contributed by atoms with E-state index in [2.05, 4.69) is 44.2 Å². The zero-order chi connectivity index (χ0) is 13.5. The molecule has 0 amide bonds. The molecule has 0 unspecified atom stereocenters. The smallest absolute Gasteiger partial charge is 0.191 e. The van der Waals surface area contributed by atoms with Crippen molar-refractivity contribution in [2.24, 2.45) is 4.99 Å². The first-order valence-electron chi connectivity index (χ1n) is 7.28. The summed E-state index contributed by atoms with van der Waals surface area (Å²) < 4.78 is 2.19. The molecule has 0 aliphatic carbocycles. The van der Waals surface area contributed by atoms with Crippen molar-refractivity contribution in [2.75, 3.05) is 13.1 Å². The fourth-order valence-corrected chi connectivity index (χ4v) is 2.20. The number of hydrogen-bond acceptors (Lipinski definition) is 3. The molecule has 0 saturated heterocycles. The molecule has 1 aromatic heterocycles. The molecule has 20 heavy (non-hydrogen) atoms. The number of aromatic nitrogens is 3. The number of guanidine groups is 1. The lowest BCUT2D eigenvalue weighted by atomic mass is 10.3. The van der Waals surface area contributed by atoms with Crippen molar-refractivity contribution in [2.45, 2.75) is 52.6 Å². The number of aliphatic imine (C=N–C) groups is 1. The summed E-state index contributed by atoms with van der Waals surface area (Å²) in [6, 6.07) is 0. The number of rotatable bonds is 6. The molecular formula is C13H25IN6. The molecule has 0 aromatic carbocycles. The molecule has 0 saturated carbocycles. The van der Waals surface area contributed by atoms with Crippen LogP contribution in [0, 0.1) is 0 Å². The van der Waals surface area contributed by atoms with Gasteiger partial charge in [0.2, 0.25) is 0 Å². The molecule has 114 valence electrons. The lowest BCUT2D eigenvalue weighted by Gasteiger charge is -2.10. The van der Waals surface area contributed by atoms with Crippen LogP contribution in [0.1, 0.15) is 44.8 Å². The number of hydrogen-bond donors (Lipinski definition) is 2. The van der Waals surface area contributed by atoms with Gasteiger partial charge in [-0.2, -0.15) is 0 Å².